The molecule has 0 radical (unpaired) electrons. The Balaban J connectivity index is 1.42. The van der Waals surface area contributed by atoms with E-state index in [9.17, 15) is 39.0 Å². The Labute approximate surface area is 385 Å². The van der Waals surface area contributed by atoms with E-state index in [2.05, 4.69) is 5.32 Å². The molecule has 7 rings (SSSR count). The fourth-order valence-electron chi connectivity index (χ4n) is 10.5. The Bertz CT molecular complexity index is 2430. The van der Waals surface area contributed by atoms with Crippen molar-refractivity contribution in [3.63, 3.8) is 0 Å². The maximum Gasteiger partial charge on any atom is 0.338 e. The van der Waals surface area contributed by atoms with Gasteiger partial charge in [0, 0.05) is 37.7 Å². The molecule has 0 spiro atoms. The van der Waals surface area contributed by atoms with E-state index in [1.54, 1.807) is 92.7 Å². The normalized spacial score (nSPS) is 30.5. The minimum absolute atomic E-state index is 0.0361. The molecule has 1 heterocycles. The second-order valence-corrected chi connectivity index (χ2v) is 18.2. The van der Waals surface area contributed by atoms with Gasteiger partial charge in [-0.2, -0.15) is 0 Å². The maximum atomic E-state index is 15.9. The van der Waals surface area contributed by atoms with Gasteiger partial charge in [0.2, 0.25) is 0 Å². The molecule has 1 saturated heterocycles. The summed E-state index contributed by atoms with van der Waals surface area (Å²) in [6, 6.07) is 22.7. The lowest BCUT2D eigenvalue weighted by atomic mass is 9.44. The van der Waals surface area contributed by atoms with E-state index >= 15 is 4.79 Å². The Kier molecular flexibility index (Phi) is 13.4. The van der Waals surface area contributed by atoms with Gasteiger partial charge in [-0.3, -0.25) is 24.0 Å². The largest absolute Gasteiger partial charge is 0.460 e. The lowest BCUT2D eigenvalue weighted by Crippen LogP contribution is -2.82. The van der Waals surface area contributed by atoms with E-state index in [1.807, 2.05) is 0 Å². The van der Waals surface area contributed by atoms with E-state index in [1.165, 1.54) is 26.0 Å². The molecule has 0 unspecified atom stereocenters. The summed E-state index contributed by atoms with van der Waals surface area (Å²) in [6.45, 7) is 7.83. The van der Waals surface area contributed by atoms with Crippen molar-refractivity contribution < 1.29 is 72.2 Å². The third kappa shape index (κ3) is 8.28. The number of alkyl halides is 1. The zero-order valence-corrected chi connectivity index (χ0v) is 37.9. The minimum Gasteiger partial charge on any atom is -0.460 e. The molecule has 16 nitrogen and oxygen atoms in total. The first-order chi connectivity index (χ1) is 31.2. The Morgan fingerprint density at radius 2 is 1.42 bits per heavy atom. The monoisotopic (exact) mass is 929 g/mol. The van der Waals surface area contributed by atoms with Gasteiger partial charge in [-0.1, -0.05) is 80.6 Å². The first-order valence-electron chi connectivity index (χ1n) is 21.5. The van der Waals surface area contributed by atoms with Gasteiger partial charge in [-0.25, -0.2) is 9.59 Å². The Morgan fingerprint density at radius 1 is 0.833 bits per heavy atom. The van der Waals surface area contributed by atoms with Crippen LogP contribution in [0.1, 0.15) is 86.7 Å². The molecule has 3 N–H and O–H groups in total. The SMILES string of the molecule is CC(=O)O[C@H]1C(=O)[C@]2(C)[C@@H](OC(=O)CCl)C[C@H]3OC[C@@]3(OC(C)=O)[C@H]2[C@H](OC(=O)c2ccccc2)[C@]2(O)C[C@H](OC(=O)[C@H](O)[C@H](NC(=O)c3ccccc3)c3ccccc3)C(C)=C1C2(C)C. The number of esters is 5. The number of nitrogens with one attached hydrogen (secondary N) is 1. The minimum atomic E-state index is -2.46. The zero-order valence-electron chi connectivity index (χ0n) is 37.2. The van der Waals surface area contributed by atoms with Crippen molar-refractivity contribution in [1.82, 2.24) is 5.32 Å². The van der Waals surface area contributed by atoms with Crippen LogP contribution in [0.5, 0.6) is 0 Å². The first-order valence-corrected chi connectivity index (χ1v) is 22.0. The number of aliphatic hydroxyl groups excluding tert-OH is 1. The van der Waals surface area contributed by atoms with Crippen molar-refractivity contribution >= 4 is 53.1 Å². The van der Waals surface area contributed by atoms with E-state index in [4.69, 9.17) is 40.0 Å². The lowest BCUT2D eigenvalue weighted by molar-refractivity contribution is -0.346. The van der Waals surface area contributed by atoms with Gasteiger partial charge in [0.1, 0.15) is 35.9 Å². The highest BCUT2D eigenvalue weighted by molar-refractivity contribution is 6.26. The molecule has 350 valence electrons. The molecule has 66 heavy (non-hydrogen) atoms. The summed E-state index contributed by atoms with van der Waals surface area (Å²) in [5.74, 6) is -8.68. The van der Waals surface area contributed by atoms with Crippen LogP contribution in [0.4, 0.5) is 0 Å². The highest BCUT2D eigenvalue weighted by Crippen LogP contribution is 2.65. The summed E-state index contributed by atoms with van der Waals surface area (Å²) >= 11 is 5.94. The number of fused-ring (bicyclic) bond motifs is 5. The van der Waals surface area contributed by atoms with Gasteiger partial charge >= 0.3 is 29.8 Å². The first kappa shape index (κ1) is 48.0. The Hall–Kier alpha value is -5.94. The smallest absolute Gasteiger partial charge is 0.338 e. The molecule has 3 aromatic rings. The number of rotatable bonds is 12. The van der Waals surface area contributed by atoms with Crippen molar-refractivity contribution in [2.24, 2.45) is 16.7 Å². The molecule has 1 amide bonds. The van der Waals surface area contributed by atoms with Gasteiger partial charge < -0.3 is 44.0 Å². The molecule has 3 aromatic carbocycles. The molecule has 11 atom stereocenters. The van der Waals surface area contributed by atoms with Gasteiger partial charge in [0.15, 0.2) is 23.6 Å². The predicted octanol–water partition coefficient (Wildman–Crippen LogP) is 4.53. The van der Waals surface area contributed by atoms with Crippen LogP contribution < -0.4 is 5.32 Å². The zero-order chi connectivity index (χ0) is 47.9. The van der Waals surface area contributed by atoms with Crippen molar-refractivity contribution in [2.75, 3.05) is 12.5 Å². The second-order valence-electron chi connectivity index (χ2n) is 18.0. The number of amides is 1. The number of Topliss-reactive ketones (excluding diaryl/α,β-unsaturated/α-hetero) is 1. The molecular weight excluding hydrogens is 878 g/mol. The molecule has 2 bridgehead atoms. The third-order valence-corrected chi connectivity index (χ3v) is 14.0. The number of carbonyl (C=O) groups is 7. The highest BCUT2D eigenvalue weighted by atomic mass is 35.5. The summed E-state index contributed by atoms with van der Waals surface area (Å²) in [6.07, 6.45) is -10.8. The summed E-state index contributed by atoms with van der Waals surface area (Å²) in [5.41, 5.74) is -7.44. The van der Waals surface area contributed by atoms with E-state index in [0.29, 0.717) is 5.56 Å². The second kappa shape index (κ2) is 18.4. The summed E-state index contributed by atoms with van der Waals surface area (Å²) in [7, 11) is 0. The molecule has 17 heteroatoms. The number of carbonyl (C=O) groups excluding carboxylic acids is 7. The molecule has 0 aromatic heterocycles. The highest BCUT2D eigenvalue weighted by Gasteiger charge is 2.79. The molecule has 3 fully saturated rings. The average Bonchev–Trinajstić information content (AvgIpc) is 3.28. The number of ether oxygens (including phenoxy) is 6. The van der Waals surface area contributed by atoms with Crippen molar-refractivity contribution in [3.8, 4) is 0 Å². The van der Waals surface area contributed by atoms with Gasteiger partial charge in [0.05, 0.1) is 29.5 Å². The van der Waals surface area contributed by atoms with Crippen LogP contribution in [0.25, 0.3) is 0 Å². The topological polar surface area (TPSA) is 227 Å². The molecular formula is C49H52ClNO15. The third-order valence-electron chi connectivity index (χ3n) is 13.8. The molecule has 2 saturated carbocycles. The standard InChI is InChI=1S/C49H52ClNO15/c1-26-32(63-45(59)38(55)37(29-16-10-7-11-17-29)51-43(57)30-18-12-8-13-19-30)23-49(60)42(65-44(58)31-20-14-9-15-21-31)40-47(6,41(56)39(62-27(2)52)36(26)46(49,4)5)33(64-35(54)24-50)22-34-48(40,25-61-34)66-28(3)53/h7-21,32-34,37-40,42,55,60H,22-25H2,1-6H3,(H,51,57)/t32-,33-,34+,37+,38+,39+,40-,42-,47+,48-,49+/m0/s1. The Morgan fingerprint density at radius 3 is 1.97 bits per heavy atom. The van der Waals surface area contributed by atoms with Crippen molar-refractivity contribution in [2.45, 2.75) is 108 Å². The molecule has 4 aliphatic rings. The fraction of sp³-hybridized carbons (Fsp3) is 0.449. The van der Waals surface area contributed by atoms with Crippen LogP contribution in [0, 0.1) is 16.7 Å². The van der Waals surface area contributed by atoms with Crippen LogP contribution in [0.2, 0.25) is 0 Å². The quantitative estimate of drug-likeness (QED) is 0.0982. The number of hydrogen-bond acceptors (Lipinski definition) is 15. The van der Waals surface area contributed by atoms with Crippen LogP contribution in [0.3, 0.4) is 0 Å². The van der Waals surface area contributed by atoms with Crippen LogP contribution in [-0.4, -0.2) is 112 Å². The van der Waals surface area contributed by atoms with Gasteiger partial charge in [-0.05, 0) is 54.8 Å². The van der Waals surface area contributed by atoms with E-state index in [0.717, 1.165) is 13.8 Å². The van der Waals surface area contributed by atoms with Crippen molar-refractivity contribution in [1.29, 1.82) is 0 Å². The lowest BCUT2D eigenvalue weighted by Gasteiger charge is -2.67. The summed E-state index contributed by atoms with van der Waals surface area (Å²) in [4.78, 5) is 97.7. The van der Waals surface area contributed by atoms with Gasteiger partial charge in [0.25, 0.3) is 5.91 Å². The van der Waals surface area contributed by atoms with Crippen LogP contribution >= 0.6 is 11.6 Å². The number of halogens is 1. The average molecular weight is 930 g/mol. The summed E-state index contributed by atoms with van der Waals surface area (Å²) in [5, 5.41) is 28.4. The molecule has 3 aliphatic carbocycles. The van der Waals surface area contributed by atoms with Crippen LogP contribution in [0.15, 0.2) is 102 Å². The number of aliphatic hydroxyl groups is 2. The van der Waals surface area contributed by atoms with Gasteiger partial charge in [-0.15, -0.1) is 11.6 Å². The number of ketones is 1. The predicted molar refractivity (Wildman–Crippen MR) is 232 cm³/mol. The number of benzene rings is 3. The molecule has 1 aliphatic heterocycles. The number of hydrogen-bond donors (Lipinski definition) is 3. The van der Waals surface area contributed by atoms with E-state index in [-0.39, 0.29) is 35.3 Å². The maximum absolute atomic E-state index is 15.9. The fourth-order valence-corrected chi connectivity index (χ4v) is 10.6. The summed E-state index contributed by atoms with van der Waals surface area (Å²) < 4.78 is 36.5. The van der Waals surface area contributed by atoms with E-state index < -0.39 is 124 Å². The van der Waals surface area contributed by atoms with Crippen LogP contribution in [-0.2, 0) is 52.4 Å². The van der Waals surface area contributed by atoms with Crippen molar-refractivity contribution in [3.05, 3.63) is 119 Å².